The normalized spacial score (nSPS) is 25.4. The van der Waals surface area contributed by atoms with E-state index in [4.69, 9.17) is 4.74 Å². The predicted molar refractivity (Wildman–Crippen MR) is 82.4 cm³/mol. The molecule has 0 unspecified atom stereocenters. The number of pyridine rings is 1. The lowest BCUT2D eigenvalue weighted by Gasteiger charge is -2.40. The maximum Gasteiger partial charge on any atom is 0.275 e. The van der Waals surface area contributed by atoms with Crippen LogP contribution in [0.3, 0.4) is 0 Å². The van der Waals surface area contributed by atoms with E-state index in [1.165, 1.54) is 11.4 Å². The summed E-state index contributed by atoms with van der Waals surface area (Å²) in [6, 6.07) is 15.1. The first-order valence-electron chi connectivity index (χ1n) is 7.67. The molecule has 4 rings (SSSR count). The molecule has 2 atom stereocenters. The molecule has 3 nitrogen and oxygen atoms in total. The van der Waals surface area contributed by atoms with Gasteiger partial charge in [0.15, 0.2) is 0 Å². The van der Waals surface area contributed by atoms with Gasteiger partial charge in [0.1, 0.15) is 17.3 Å². The van der Waals surface area contributed by atoms with Gasteiger partial charge in [-0.3, -0.25) is 5.32 Å². The van der Waals surface area contributed by atoms with Crippen molar-refractivity contribution in [2.45, 2.75) is 31.8 Å². The summed E-state index contributed by atoms with van der Waals surface area (Å²) in [7, 11) is 0. The second-order valence-corrected chi connectivity index (χ2v) is 6.51. The van der Waals surface area contributed by atoms with Gasteiger partial charge < -0.3 is 4.74 Å². The minimum absolute atomic E-state index is 0.0628. The van der Waals surface area contributed by atoms with Gasteiger partial charge in [-0.15, -0.1) is 0 Å². The smallest absolute Gasteiger partial charge is 0.275 e. The van der Waals surface area contributed by atoms with E-state index in [0.29, 0.717) is 12.0 Å². The van der Waals surface area contributed by atoms with Crippen LogP contribution in [-0.4, -0.2) is 6.61 Å². The second kappa shape index (κ2) is 4.48. The van der Waals surface area contributed by atoms with Crippen molar-refractivity contribution in [3.8, 4) is 5.75 Å². The first-order chi connectivity index (χ1) is 10.2. The van der Waals surface area contributed by atoms with Crippen LogP contribution in [0.2, 0.25) is 0 Å². The topological polar surface area (TPSA) is 25.1 Å². The monoisotopic (exact) mass is 281 g/mol. The lowest BCUT2D eigenvalue weighted by Crippen LogP contribution is -2.63. The van der Waals surface area contributed by atoms with Gasteiger partial charge in [0.2, 0.25) is 0 Å². The summed E-state index contributed by atoms with van der Waals surface area (Å²) in [5, 5.41) is 3.73. The van der Waals surface area contributed by atoms with Crippen molar-refractivity contribution in [1.29, 1.82) is 0 Å². The van der Waals surface area contributed by atoms with E-state index in [-0.39, 0.29) is 5.54 Å². The van der Waals surface area contributed by atoms with Crippen molar-refractivity contribution in [3.05, 3.63) is 54.2 Å². The van der Waals surface area contributed by atoms with Gasteiger partial charge in [0.25, 0.3) is 5.82 Å². The van der Waals surface area contributed by atoms with Crippen LogP contribution in [0.25, 0.3) is 0 Å². The molecule has 3 heterocycles. The standard InChI is InChI=1S/C18H20N2O/c1-18(2)14-10-12-21-15-8-4-3-7-13(15)17(14)19-16-9-5-6-11-20(16)18/h3-9,11,14,17H,10,12H2,1-2H3/p+1/t14-,17+/m0/s1. The van der Waals surface area contributed by atoms with Gasteiger partial charge >= 0.3 is 0 Å². The highest BCUT2D eigenvalue weighted by molar-refractivity contribution is 5.44. The van der Waals surface area contributed by atoms with Crippen LogP contribution in [0.15, 0.2) is 48.7 Å². The lowest BCUT2D eigenvalue weighted by atomic mass is 9.75. The van der Waals surface area contributed by atoms with Gasteiger partial charge in [-0.2, -0.15) is 0 Å². The zero-order valence-electron chi connectivity index (χ0n) is 12.5. The number of anilines is 1. The molecule has 0 saturated carbocycles. The summed E-state index contributed by atoms with van der Waals surface area (Å²) in [4.78, 5) is 0. The van der Waals surface area contributed by atoms with Crippen molar-refractivity contribution in [1.82, 2.24) is 0 Å². The lowest BCUT2D eigenvalue weighted by molar-refractivity contribution is -0.758. The number of ether oxygens (including phenoxy) is 1. The van der Waals surface area contributed by atoms with Gasteiger partial charge in [0.05, 0.1) is 12.8 Å². The van der Waals surface area contributed by atoms with E-state index in [9.17, 15) is 0 Å². The Morgan fingerprint density at radius 1 is 1.14 bits per heavy atom. The minimum Gasteiger partial charge on any atom is -0.493 e. The molecule has 0 amide bonds. The van der Waals surface area contributed by atoms with Crippen molar-refractivity contribution in [3.63, 3.8) is 0 Å². The second-order valence-electron chi connectivity index (χ2n) is 6.51. The fraction of sp³-hybridized carbons (Fsp3) is 0.389. The molecular weight excluding hydrogens is 260 g/mol. The Bertz CT molecular complexity index is 680. The van der Waals surface area contributed by atoms with Crippen LogP contribution < -0.4 is 14.6 Å². The van der Waals surface area contributed by atoms with Gasteiger partial charge in [0, 0.05) is 17.5 Å². The van der Waals surface area contributed by atoms with E-state index in [1.54, 1.807) is 0 Å². The summed E-state index contributed by atoms with van der Waals surface area (Å²) in [5.74, 6) is 2.71. The molecule has 2 aliphatic heterocycles. The average Bonchev–Trinajstić information content (AvgIpc) is 2.68. The molecule has 2 aliphatic rings. The van der Waals surface area contributed by atoms with Gasteiger partial charge in [-0.05, 0) is 32.4 Å². The molecule has 108 valence electrons. The molecule has 2 aromatic rings. The number of nitrogens with one attached hydrogen (secondary N) is 1. The van der Waals surface area contributed by atoms with Crippen LogP contribution in [0.4, 0.5) is 5.82 Å². The molecule has 1 aromatic heterocycles. The zero-order chi connectivity index (χ0) is 14.4. The molecule has 0 aliphatic carbocycles. The Labute approximate surface area is 125 Å². The summed E-state index contributed by atoms with van der Waals surface area (Å²) in [6.07, 6.45) is 3.23. The van der Waals surface area contributed by atoms with Gasteiger partial charge in [-0.25, -0.2) is 4.57 Å². The van der Waals surface area contributed by atoms with E-state index < -0.39 is 0 Å². The Kier molecular flexibility index (Phi) is 2.71. The number of fused-ring (bicyclic) bond motifs is 4. The third kappa shape index (κ3) is 1.84. The molecule has 1 aromatic carbocycles. The quantitative estimate of drug-likeness (QED) is 0.750. The van der Waals surface area contributed by atoms with Crippen molar-refractivity contribution in [2.75, 3.05) is 11.9 Å². The largest absolute Gasteiger partial charge is 0.493 e. The van der Waals surface area contributed by atoms with Crippen LogP contribution >= 0.6 is 0 Å². The van der Waals surface area contributed by atoms with E-state index in [1.807, 2.05) is 0 Å². The summed E-state index contributed by atoms with van der Waals surface area (Å²) >= 11 is 0. The van der Waals surface area contributed by atoms with Crippen LogP contribution in [0.1, 0.15) is 31.9 Å². The molecule has 0 radical (unpaired) electrons. The molecule has 0 bridgehead atoms. The highest BCUT2D eigenvalue weighted by atomic mass is 16.5. The average molecular weight is 281 g/mol. The summed E-state index contributed by atoms with van der Waals surface area (Å²) in [5.41, 5.74) is 1.34. The highest BCUT2D eigenvalue weighted by Gasteiger charge is 2.49. The number of hydrogen-bond acceptors (Lipinski definition) is 2. The Hall–Kier alpha value is -2.03. The van der Waals surface area contributed by atoms with Crippen LogP contribution in [0.5, 0.6) is 5.75 Å². The fourth-order valence-corrected chi connectivity index (χ4v) is 3.89. The molecule has 3 heteroatoms. The number of nitrogens with zero attached hydrogens (tertiary/aromatic N) is 1. The third-order valence-electron chi connectivity index (χ3n) is 5.03. The fourth-order valence-electron chi connectivity index (χ4n) is 3.89. The SMILES string of the molecule is CC1(C)[C@H]2CCOc3ccccc3[C@H]2Nc2cccc[n+]21. The first-order valence-corrected chi connectivity index (χ1v) is 7.67. The van der Waals surface area contributed by atoms with Crippen LogP contribution in [-0.2, 0) is 5.54 Å². The van der Waals surface area contributed by atoms with E-state index >= 15 is 0 Å². The summed E-state index contributed by atoms with van der Waals surface area (Å²) in [6.45, 7) is 5.46. The highest BCUT2D eigenvalue weighted by Crippen LogP contribution is 2.45. The first kappa shape index (κ1) is 12.7. The van der Waals surface area contributed by atoms with Crippen molar-refractivity contribution in [2.24, 2.45) is 5.92 Å². The number of para-hydroxylation sites is 1. The predicted octanol–water partition coefficient (Wildman–Crippen LogP) is 3.27. The number of aromatic nitrogens is 1. The molecule has 0 saturated heterocycles. The molecular formula is C18H21N2O+. The van der Waals surface area contributed by atoms with Gasteiger partial charge in [-0.1, -0.05) is 24.3 Å². The van der Waals surface area contributed by atoms with Crippen molar-refractivity contribution >= 4 is 5.82 Å². The Balaban J connectivity index is 1.89. The minimum atomic E-state index is 0.0628. The molecule has 1 N–H and O–H groups in total. The molecule has 0 fully saturated rings. The summed E-state index contributed by atoms with van der Waals surface area (Å²) < 4.78 is 8.35. The van der Waals surface area contributed by atoms with E-state index in [0.717, 1.165) is 18.8 Å². The molecule has 0 spiro atoms. The number of rotatable bonds is 0. The number of hydrogen-bond donors (Lipinski definition) is 1. The molecule has 21 heavy (non-hydrogen) atoms. The van der Waals surface area contributed by atoms with E-state index in [2.05, 4.69) is 72.4 Å². The van der Waals surface area contributed by atoms with Crippen molar-refractivity contribution < 1.29 is 9.30 Å². The Morgan fingerprint density at radius 3 is 2.86 bits per heavy atom. The third-order valence-corrected chi connectivity index (χ3v) is 5.03. The zero-order valence-corrected chi connectivity index (χ0v) is 12.5. The maximum atomic E-state index is 5.98. The maximum absolute atomic E-state index is 5.98. The number of benzene rings is 1. The van der Waals surface area contributed by atoms with Crippen LogP contribution in [0, 0.1) is 5.92 Å². The Morgan fingerprint density at radius 2 is 1.95 bits per heavy atom.